The number of hydrogen-bond donors (Lipinski definition) is 2. The van der Waals surface area contributed by atoms with Crippen LogP contribution in [-0.2, 0) is 16.1 Å². The Balaban J connectivity index is 2.86. The SMILES string of the molecule is NC(=O)CN(CC(=O)O)Cc1ccccc1OC(F)F. The molecule has 20 heavy (non-hydrogen) atoms. The van der Waals surface area contributed by atoms with Crippen molar-refractivity contribution >= 4 is 11.9 Å². The summed E-state index contributed by atoms with van der Waals surface area (Å²) in [5.41, 5.74) is 5.36. The summed E-state index contributed by atoms with van der Waals surface area (Å²) in [6, 6.07) is 5.95. The predicted octanol–water partition coefficient (Wildman–Crippen LogP) is 0.660. The first-order valence-corrected chi connectivity index (χ1v) is 5.63. The second kappa shape index (κ2) is 7.39. The average molecular weight is 288 g/mol. The minimum absolute atomic E-state index is 0.0435. The van der Waals surface area contributed by atoms with E-state index in [2.05, 4.69) is 4.74 Å². The van der Waals surface area contributed by atoms with Gasteiger partial charge < -0.3 is 15.6 Å². The van der Waals surface area contributed by atoms with Gasteiger partial charge in [0.2, 0.25) is 5.91 Å². The van der Waals surface area contributed by atoms with Crippen LogP contribution in [0.3, 0.4) is 0 Å². The van der Waals surface area contributed by atoms with Crippen molar-refractivity contribution < 1.29 is 28.2 Å². The van der Waals surface area contributed by atoms with E-state index >= 15 is 0 Å². The van der Waals surface area contributed by atoms with Crippen LogP contribution in [0.5, 0.6) is 5.75 Å². The lowest BCUT2D eigenvalue weighted by Crippen LogP contribution is -2.37. The molecule has 0 fully saturated rings. The van der Waals surface area contributed by atoms with Crippen LogP contribution in [0.25, 0.3) is 0 Å². The van der Waals surface area contributed by atoms with Crippen LogP contribution >= 0.6 is 0 Å². The summed E-state index contributed by atoms with van der Waals surface area (Å²) in [6.45, 7) is -3.76. The number of carbonyl (C=O) groups is 2. The third-order valence-electron chi connectivity index (χ3n) is 2.32. The van der Waals surface area contributed by atoms with Gasteiger partial charge in [0, 0.05) is 12.1 Å². The molecular weight excluding hydrogens is 274 g/mol. The molecule has 0 aliphatic carbocycles. The van der Waals surface area contributed by atoms with Gasteiger partial charge in [0.15, 0.2) is 0 Å². The van der Waals surface area contributed by atoms with Crippen molar-refractivity contribution in [3.63, 3.8) is 0 Å². The molecule has 0 saturated carbocycles. The number of carbonyl (C=O) groups excluding carboxylic acids is 1. The van der Waals surface area contributed by atoms with Crippen molar-refractivity contribution in [1.82, 2.24) is 4.90 Å². The van der Waals surface area contributed by atoms with E-state index in [9.17, 15) is 18.4 Å². The molecule has 1 rings (SSSR count). The number of nitrogens with two attached hydrogens (primary N) is 1. The molecule has 0 aliphatic heterocycles. The summed E-state index contributed by atoms with van der Waals surface area (Å²) in [7, 11) is 0. The Labute approximate surface area is 113 Å². The van der Waals surface area contributed by atoms with Gasteiger partial charge in [-0.05, 0) is 6.07 Å². The van der Waals surface area contributed by atoms with E-state index < -0.39 is 25.0 Å². The van der Waals surface area contributed by atoms with Gasteiger partial charge in [-0.2, -0.15) is 8.78 Å². The molecule has 110 valence electrons. The van der Waals surface area contributed by atoms with Crippen LogP contribution < -0.4 is 10.5 Å². The lowest BCUT2D eigenvalue weighted by molar-refractivity contribution is -0.138. The van der Waals surface area contributed by atoms with Crippen LogP contribution in [0.4, 0.5) is 8.78 Å². The lowest BCUT2D eigenvalue weighted by Gasteiger charge is -2.20. The Morgan fingerprint density at radius 1 is 1.30 bits per heavy atom. The summed E-state index contributed by atoms with van der Waals surface area (Å²) >= 11 is 0. The number of carboxylic acid groups (broad SMARTS) is 1. The highest BCUT2D eigenvalue weighted by atomic mass is 19.3. The molecular formula is C12H14F2N2O4. The van der Waals surface area contributed by atoms with Gasteiger partial charge in [-0.25, -0.2) is 0 Å². The second-order valence-corrected chi connectivity index (χ2v) is 3.99. The van der Waals surface area contributed by atoms with E-state index in [1.807, 2.05) is 0 Å². The van der Waals surface area contributed by atoms with Crippen molar-refractivity contribution in [3.05, 3.63) is 29.8 Å². The minimum Gasteiger partial charge on any atom is -0.480 e. The van der Waals surface area contributed by atoms with Crippen molar-refractivity contribution in [2.75, 3.05) is 13.1 Å². The van der Waals surface area contributed by atoms with Gasteiger partial charge in [0.05, 0.1) is 13.1 Å². The van der Waals surface area contributed by atoms with Gasteiger partial charge in [-0.1, -0.05) is 18.2 Å². The third kappa shape index (κ3) is 5.61. The van der Waals surface area contributed by atoms with E-state index in [4.69, 9.17) is 10.8 Å². The fourth-order valence-corrected chi connectivity index (χ4v) is 1.67. The third-order valence-corrected chi connectivity index (χ3v) is 2.32. The van der Waals surface area contributed by atoms with Crippen LogP contribution in [0.1, 0.15) is 5.56 Å². The zero-order valence-electron chi connectivity index (χ0n) is 10.5. The van der Waals surface area contributed by atoms with Crippen molar-refractivity contribution in [2.45, 2.75) is 13.2 Å². The van der Waals surface area contributed by atoms with Gasteiger partial charge >= 0.3 is 12.6 Å². The fourth-order valence-electron chi connectivity index (χ4n) is 1.67. The summed E-state index contributed by atoms with van der Waals surface area (Å²) in [4.78, 5) is 22.8. The highest BCUT2D eigenvalue weighted by molar-refractivity contribution is 5.77. The second-order valence-electron chi connectivity index (χ2n) is 3.99. The number of primary amides is 1. The molecule has 0 aliphatic rings. The zero-order chi connectivity index (χ0) is 15.1. The number of aliphatic carboxylic acids is 1. The molecule has 0 aromatic heterocycles. The number of ether oxygens (including phenoxy) is 1. The molecule has 0 atom stereocenters. The van der Waals surface area contributed by atoms with E-state index in [0.717, 1.165) is 0 Å². The first kappa shape index (κ1) is 15.8. The topological polar surface area (TPSA) is 92.9 Å². The summed E-state index contributed by atoms with van der Waals surface area (Å²) < 4.78 is 28.8. The largest absolute Gasteiger partial charge is 0.480 e. The van der Waals surface area contributed by atoms with E-state index in [0.29, 0.717) is 5.56 Å². The molecule has 1 aromatic rings. The highest BCUT2D eigenvalue weighted by Crippen LogP contribution is 2.21. The number of benzene rings is 1. The van der Waals surface area contributed by atoms with Crippen molar-refractivity contribution in [3.8, 4) is 5.75 Å². The lowest BCUT2D eigenvalue weighted by atomic mass is 10.2. The van der Waals surface area contributed by atoms with Crippen molar-refractivity contribution in [2.24, 2.45) is 5.73 Å². The molecule has 1 amide bonds. The van der Waals surface area contributed by atoms with Gasteiger partial charge in [-0.3, -0.25) is 14.5 Å². The molecule has 3 N–H and O–H groups in total. The van der Waals surface area contributed by atoms with Crippen LogP contribution in [-0.4, -0.2) is 41.6 Å². The Kier molecular flexibility index (Phi) is 5.85. The normalized spacial score (nSPS) is 10.8. The van der Waals surface area contributed by atoms with Crippen LogP contribution in [0, 0.1) is 0 Å². The molecule has 0 radical (unpaired) electrons. The number of carboxylic acids is 1. The monoisotopic (exact) mass is 288 g/mol. The maximum Gasteiger partial charge on any atom is 0.387 e. The number of amides is 1. The Bertz CT molecular complexity index is 466. The number of halogens is 2. The van der Waals surface area contributed by atoms with Crippen LogP contribution in [0.15, 0.2) is 24.3 Å². The first-order chi connectivity index (χ1) is 9.38. The maximum absolute atomic E-state index is 12.3. The quantitative estimate of drug-likeness (QED) is 0.733. The molecule has 0 heterocycles. The minimum atomic E-state index is -2.99. The average Bonchev–Trinajstić information content (AvgIpc) is 2.29. The highest BCUT2D eigenvalue weighted by Gasteiger charge is 2.16. The summed E-state index contributed by atoms with van der Waals surface area (Å²) in [5.74, 6) is -1.93. The smallest absolute Gasteiger partial charge is 0.387 e. The molecule has 1 aromatic carbocycles. The molecule has 8 heteroatoms. The van der Waals surface area contributed by atoms with Gasteiger partial charge in [-0.15, -0.1) is 0 Å². The number of alkyl halides is 2. The number of nitrogens with zero attached hydrogens (tertiary/aromatic N) is 1. The number of rotatable bonds is 8. The first-order valence-electron chi connectivity index (χ1n) is 5.63. The Hall–Kier alpha value is -2.22. The predicted molar refractivity (Wildman–Crippen MR) is 65.2 cm³/mol. The van der Waals surface area contributed by atoms with Crippen molar-refractivity contribution in [1.29, 1.82) is 0 Å². The summed E-state index contributed by atoms with van der Waals surface area (Å²) in [6.07, 6.45) is 0. The summed E-state index contributed by atoms with van der Waals surface area (Å²) in [5, 5.41) is 8.74. The van der Waals surface area contributed by atoms with Crippen LogP contribution in [0.2, 0.25) is 0 Å². The maximum atomic E-state index is 12.3. The molecule has 0 saturated heterocycles. The molecule has 0 unspecified atom stereocenters. The van der Waals surface area contributed by atoms with E-state index in [1.54, 1.807) is 6.07 Å². The van der Waals surface area contributed by atoms with Gasteiger partial charge in [0.1, 0.15) is 5.75 Å². The fraction of sp³-hybridized carbons (Fsp3) is 0.333. The van der Waals surface area contributed by atoms with E-state index in [1.165, 1.54) is 23.1 Å². The number of hydrogen-bond acceptors (Lipinski definition) is 4. The Morgan fingerprint density at radius 2 is 1.95 bits per heavy atom. The standard InChI is InChI=1S/C12H14F2N2O4/c13-12(14)20-9-4-2-1-3-8(9)5-16(6-10(15)17)7-11(18)19/h1-4,12H,5-7H2,(H2,15,17)(H,18,19). The van der Waals surface area contributed by atoms with Gasteiger partial charge in [0.25, 0.3) is 0 Å². The Morgan fingerprint density at radius 3 is 2.50 bits per heavy atom. The molecule has 6 nitrogen and oxygen atoms in total. The molecule has 0 bridgehead atoms. The zero-order valence-corrected chi connectivity index (χ0v) is 10.5. The van der Waals surface area contributed by atoms with E-state index in [-0.39, 0.29) is 18.8 Å². The molecule has 0 spiro atoms. The number of para-hydroxylation sites is 1.